The molecule has 2 amide bonds. The van der Waals surface area contributed by atoms with Gasteiger partial charge in [-0.15, -0.1) is 11.8 Å². The van der Waals surface area contributed by atoms with Crippen LogP contribution >= 0.6 is 11.8 Å². The highest BCUT2D eigenvalue weighted by Gasteiger charge is 2.34. The minimum Gasteiger partial charge on any atom is -0.480 e. The molecule has 0 aromatic heterocycles. The van der Waals surface area contributed by atoms with E-state index in [9.17, 15) is 9.59 Å². The summed E-state index contributed by atoms with van der Waals surface area (Å²) in [4.78, 5) is 23.9. The van der Waals surface area contributed by atoms with E-state index in [4.69, 9.17) is 5.11 Å². The molecule has 1 aliphatic rings. The van der Waals surface area contributed by atoms with Gasteiger partial charge >= 0.3 is 12.0 Å². The van der Waals surface area contributed by atoms with Gasteiger partial charge in [0.05, 0.1) is 5.88 Å². The number of urea groups is 1. The number of carboxylic acids is 1. The monoisotopic (exact) mass is 232 g/mol. The first-order valence-corrected chi connectivity index (χ1v) is 6.09. The first-order chi connectivity index (χ1) is 7.06. The zero-order valence-corrected chi connectivity index (χ0v) is 9.71. The second-order valence-corrected chi connectivity index (χ2v) is 4.58. The highest BCUT2D eigenvalue weighted by molar-refractivity contribution is 7.99. The number of hydrogen-bond acceptors (Lipinski definition) is 3. The second-order valence-electron chi connectivity index (χ2n) is 3.58. The lowest BCUT2D eigenvalue weighted by molar-refractivity contribution is -0.140. The summed E-state index contributed by atoms with van der Waals surface area (Å²) in [7, 11) is 0. The van der Waals surface area contributed by atoms with Crippen molar-refractivity contribution in [2.75, 3.05) is 11.6 Å². The summed E-state index contributed by atoms with van der Waals surface area (Å²) >= 11 is 1.47. The third kappa shape index (κ3) is 3.02. The van der Waals surface area contributed by atoms with Gasteiger partial charge < -0.3 is 15.3 Å². The Labute approximate surface area is 93.2 Å². The number of amides is 2. The number of hydrogen-bond donors (Lipinski definition) is 2. The zero-order chi connectivity index (χ0) is 11.4. The summed E-state index contributed by atoms with van der Waals surface area (Å²) in [6.07, 6.45) is 0.838. The minimum absolute atomic E-state index is 0.0811. The van der Waals surface area contributed by atoms with Gasteiger partial charge in [0.2, 0.25) is 0 Å². The van der Waals surface area contributed by atoms with Gasteiger partial charge in [0.1, 0.15) is 6.04 Å². The van der Waals surface area contributed by atoms with Crippen LogP contribution < -0.4 is 5.32 Å². The van der Waals surface area contributed by atoms with Gasteiger partial charge in [0.15, 0.2) is 0 Å². The van der Waals surface area contributed by atoms with Crippen molar-refractivity contribution < 1.29 is 14.7 Å². The van der Waals surface area contributed by atoms with Crippen LogP contribution in [-0.2, 0) is 4.79 Å². The predicted octanol–water partition coefficient (Wildman–Crippen LogP) is 0.954. The van der Waals surface area contributed by atoms with Crippen molar-refractivity contribution in [1.29, 1.82) is 0 Å². The standard InChI is InChI=1S/C9H16N2O3S/c1-3-6(2)10-9(14)11-5-15-4-7(11)8(12)13/h6-7H,3-5H2,1-2H3,(H,10,14)(H,12,13)/t6?,7-/m0/s1. The van der Waals surface area contributed by atoms with E-state index < -0.39 is 12.0 Å². The molecular formula is C9H16N2O3S. The molecule has 0 saturated carbocycles. The molecule has 5 nitrogen and oxygen atoms in total. The van der Waals surface area contributed by atoms with Crippen LogP contribution in [0.5, 0.6) is 0 Å². The second kappa shape index (κ2) is 5.25. The number of nitrogens with one attached hydrogen (secondary N) is 1. The first kappa shape index (κ1) is 12.2. The molecule has 2 N–H and O–H groups in total. The van der Waals surface area contributed by atoms with Crippen LogP contribution in [0, 0.1) is 0 Å². The molecule has 0 aromatic rings. The van der Waals surface area contributed by atoms with Crippen molar-refractivity contribution >= 4 is 23.8 Å². The quantitative estimate of drug-likeness (QED) is 0.760. The van der Waals surface area contributed by atoms with Crippen LogP contribution in [0.4, 0.5) is 4.79 Å². The summed E-state index contributed by atoms with van der Waals surface area (Å²) in [5, 5.41) is 11.7. The van der Waals surface area contributed by atoms with Gasteiger partial charge in [-0.2, -0.15) is 0 Å². The number of carboxylic acid groups (broad SMARTS) is 1. The van der Waals surface area contributed by atoms with Crippen molar-refractivity contribution in [3.8, 4) is 0 Å². The lowest BCUT2D eigenvalue weighted by Crippen LogP contribution is -2.49. The minimum atomic E-state index is -0.931. The van der Waals surface area contributed by atoms with E-state index in [0.29, 0.717) is 11.6 Å². The van der Waals surface area contributed by atoms with Crippen molar-refractivity contribution in [1.82, 2.24) is 10.2 Å². The Balaban J connectivity index is 2.55. The highest BCUT2D eigenvalue weighted by atomic mass is 32.2. The first-order valence-electron chi connectivity index (χ1n) is 4.94. The molecule has 1 rings (SSSR count). The van der Waals surface area contributed by atoms with E-state index >= 15 is 0 Å². The lowest BCUT2D eigenvalue weighted by Gasteiger charge is -2.23. The van der Waals surface area contributed by atoms with Crippen LogP contribution in [0.25, 0.3) is 0 Å². The molecule has 1 aliphatic heterocycles. The number of carbonyl (C=O) groups excluding carboxylic acids is 1. The highest BCUT2D eigenvalue weighted by Crippen LogP contribution is 2.20. The van der Waals surface area contributed by atoms with Crippen LogP contribution in [0.1, 0.15) is 20.3 Å². The Morgan fingerprint density at radius 2 is 2.33 bits per heavy atom. The molecule has 1 unspecified atom stereocenters. The Kier molecular flexibility index (Phi) is 4.26. The van der Waals surface area contributed by atoms with Gasteiger partial charge in [-0.3, -0.25) is 0 Å². The Morgan fingerprint density at radius 3 is 2.87 bits per heavy atom. The fourth-order valence-electron chi connectivity index (χ4n) is 1.24. The lowest BCUT2D eigenvalue weighted by atomic mass is 10.2. The predicted molar refractivity (Wildman–Crippen MR) is 58.9 cm³/mol. The maximum absolute atomic E-state index is 11.7. The molecule has 86 valence electrons. The molecule has 1 saturated heterocycles. The number of thioether (sulfide) groups is 1. The summed E-state index contributed by atoms with van der Waals surface area (Å²) < 4.78 is 0. The molecule has 0 aliphatic carbocycles. The van der Waals surface area contributed by atoms with E-state index in [1.807, 2.05) is 13.8 Å². The van der Waals surface area contributed by atoms with Crippen molar-refractivity contribution in [2.24, 2.45) is 0 Å². The molecule has 1 fully saturated rings. The topological polar surface area (TPSA) is 69.6 Å². The van der Waals surface area contributed by atoms with Crippen LogP contribution in [0.2, 0.25) is 0 Å². The normalized spacial score (nSPS) is 22.5. The molecule has 0 spiro atoms. The van der Waals surface area contributed by atoms with Gasteiger partial charge in [-0.1, -0.05) is 6.92 Å². The number of carbonyl (C=O) groups is 2. The van der Waals surface area contributed by atoms with Crippen LogP contribution in [-0.4, -0.2) is 45.7 Å². The van der Waals surface area contributed by atoms with E-state index in [2.05, 4.69) is 5.32 Å². The molecule has 6 heteroatoms. The van der Waals surface area contributed by atoms with Crippen molar-refractivity contribution in [3.63, 3.8) is 0 Å². The van der Waals surface area contributed by atoms with Gasteiger partial charge in [0, 0.05) is 11.8 Å². The maximum atomic E-state index is 11.7. The fraction of sp³-hybridized carbons (Fsp3) is 0.778. The summed E-state index contributed by atoms with van der Waals surface area (Å²) in [5.74, 6) is 0.00183. The third-order valence-electron chi connectivity index (χ3n) is 2.41. The van der Waals surface area contributed by atoms with Crippen LogP contribution in [0.3, 0.4) is 0 Å². The van der Waals surface area contributed by atoms with E-state index in [0.717, 1.165) is 6.42 Å². The molecule has 15 heavy (non-hydrogen) atoms. The smallest absolute Gasteiger partial charge is 0.327 e. The van der Waals surface area contributed by atoms with Gasteiger partial charge in [-0.25, -0.2) is 9.59 Å². The Bertz CT molecular complexity index is 260. The average Bonchev–Trinajstić information content (AvgIpc) is 2.65. The molecule has 2 atom stereocenters. The molecule has 0 radical (unpaired) electrons. The third-order valence-corrected chi connectivity index (χ3v) is 3.42. The van der Waals surface area contributed by atoms with E-state index in [1.165, 1.54) is 16.7 Å². The van der Waals surface area contributed by atoms with Crippen molar-refractivity contribution in [2.45, 2.75) is 32.4 Å². The molecule has 1 heterocycles. The fourth-order valence-corrected chi connectivity index (χ4v) is 2.39. The van der Waals surface area contributed by atoms with Crippen molar-refractivity contribution in [3.05, 3.63) is 0 Å². The maximum Gasteiger partial charge on any atom is 0.327 e. The molecule has 0 aromatic carbocycles. The largest absolute Gasteiger partial charge is 0.480 e. The average molecular weight is 232 g/mol. The SMILES string of the molecule is CCC(C)NC(=O)N1CSC[C@H]1C(=O)O. The summed E-state index contributed by atoms with van der Waals surface area (Å²) in [6.45, 7) is 3.87. The summed E-state index contributed by atoms with van der Waals surface area (Å²) in [6, 6.07) is -0.877. The van der Waals surface area contributed by atoms with E-state index in [-0.39, 0.29) is 12.1 Å². The zero-order valence-electron chi connectivity index (χ0n) is 8.90. The number of nitrogens with zero attached hydrogens (tertiary/aromatic N) is 1. The molecular weight excluding hydrogens is 216 g/mol. The number of aliphatic carboxylic acids is 1. The Hall–Kier alpha value is -0.910. The molecule has 0 bridgehead atoms. The summed E-state index contributed by atoms with van der Waals surface area (Å²) in [5.41, 5.74) is 0. The van der Waals surface area contributed by atoms with Gasteiger partial charge in [0.25, 0.3) is 0 Å². The van der Waals surface area contributed by atoms with Crippen LogP contribution in [0.15, 0.2) is 0 Å². The van der Waals surface area contributed by atoms with E-state index in [1.54, 1.807) is 0 Å². The number of rotatable bonds is 3. The Morgan fingerprint density at radius 1 is 1.67 bits per heavy atom. The van der Waals surface area contributed by atoms with Gasteiger partial charge in [-0.05, 0) is 13.3 Å².